The molecule has 2 N–H and O–H groups in total. The lowest BCUT2D eigenvalue weighted by molar-refractivity contribution is -0.128. The maximum absolute atomic E-state index is 13.9. The van der Waals surface area contributed by atoms with E-state index in [0.29, 0.717) is 24.2 Å². The molecule has 0 unspecified atom stereocenters. The Kier molecular flexibility index (Phi) is 8.71. The van der Waals surface area contributed by atoms with Crippen LogP contribution in [0.2, 0.25) is 0 Å². The number of nitrogens with zero attached hydrogens (tertiary/aromatic N) is 1. The average molecular weight is 510 g/mol. The summed E-state index contributed by atoms with van der Waals surface area (Å²) in [5, 5.41) is 7.53. The van der Waals surface area contributed by atoms with Gasteiger partial charge in [0, 0.05) is 16.8 Å². The van der Waals surface area contributed by atoms with E-state index in [4.69, 9.17) is 4.74 Å². The normalized spacial score (nSPS) is 15.9. The maximum Gasteiger partial charge on any atom is 0.249 e. The highest BCUT2D eigenvalue weighted by molar-refractivity contribution is 6.08. The topological polar surface area (TPSA) is 87.7 Å². The van der Waals surface area contributed by atoms with Gasteiger partial charge in [0.05, 0.1) is 19.7 Å². The molecular weight excluding hydrogens is 478 g/mol. The van der Waals surface area contributed by atoms with Crippen molar-refractivity contribution in [3.8, 4) is 5.75 Å². The molecule has 0 aliphatic carbocycles. The van der Waals surface area contributed by atoms with Crippen LogP contribution < -0.4 is 20.3 Å². The Hall–Kier alpha value is -3.42. The number of carbonyl (C=O) groups is 3. The minimum absolute atomic E-state index is 0. The number of benzene rings is 3. The van der Waals surface area contributed by atoms with Crippen molar-refractivity contribution >= 4 is 46.5 Å². The van der Waals surface area contributed by atoms with Crippen LogP contribution in [0.15, 0.2) is 54.6 Å². The van der Waals surface area contributed by atoms with E-state index in [0.717, 1.165) is 27.6 Å². The van der Waals surface area contributed by atoms with E-state index >= 15 is 0 Å². The van der Waals surface area contributed by atoms with Crippen LogP contribution in [0.5, 0.6) is 5.75 Å². The number of hydrogen-bond acceptors (Lipinski definition) is 5. The van der Waals surface area contributed by atoms with Crippen LogP contribution in [0.3, 0.4) is 0 Å². The van der Waals surface area contributed by atoms with Crippen LogP contribution in [-0.2, 0) is 22.6 Å². The van der Waals surface area contributed by atoms with Gasteiger partial charge in [0.2, 0.25) is 11.8 Å². The molecule has 1 heterocycles. The molecule has 0 fully saturated rings. The Labute approximate surface area is 217 Å². The number of rotatable bonds is 7. The monoisotopic (exact) mass is 509 g/mol. The molecule has 36 heavy (non-hydrogen) atoms. The lowest BCUT2D eigenvalue weighted by atomic mass is 9.97. The maximum atomic E-state index is 13.9. The van der Waals surface area contributed by atoms with Gasteiger partial charge in [0.15, 0.2) is 5.78 Å². The highest BCUT2D eigenvalue weighted by atomic mass is 35.5. The number of halogens is 1. The summed E-state index contributed by atoms with van der Waals surface area (Å²) >= 11 is 0. The van der Waals surface area contributed by atoms with Crippen LogP contribution >= 0.6 is 12.4 Å². The summed E-state index contributed by atoms with van der Waals surface area (Å²) in [7, 11) is 3.31. The van der Waals surface area contributed by atoms with Crippen molar-refractivity contribution in [1.29, 1.82) is 0 Å². The standard InChI is InChI=1S/C28H31N3O4.ClH/c1-17(29-3)27(33)30-24-14-12-19-8-5-6-11-25(19)31(28(24)34)16-23-21-10-7-9-20(18(2)32)22(21)13-15-26(23)35-4;/h5-11,13,15,17,24,29H,12,14,16H2,1-4H3,(H,30,33);1H/t17-,24-;/m0./s1. The first-order valence-corrected chi connectivity index (χ1v) is 11.8. The number of Topliss-reactive ketones (excluding diaryl/α,β-unsaturated/α-hetero) is 1. The lowest BCUT2D eigenvalue weighted by Crippen LogP contribution is -2.52. The number of ketones is 1. The summed E-state index contributed by atoms with van der Waals surface area (Å²) in [5.74, 6) is 0.223. The summed E-state index contributed by atoms with van der Waals surface area (Å²) in [6.07, 6.45) is 1.17. The fraction of sp³-hybridized carbons (Fsp3) is 0.321. The summed E-state index contributed by atoms with van der Waals surface area (Å²) in [5.41, 5.74) is 3.30. The third-order valence-electron chi connectivity index (χ3n) is 6.74. The zero-order valence-electron chi connectivity index (χ0n) is 21.0. The van der Waals surface area contributed by atoms with Gasteiger partial charge in [0.25, 0.3) is 0 Å². The third kappa shape index (κ3) is 5.22. The van der Waals surface area contributed by atoms with Crippen molar-refractivity contribution in [3.63, 3.8) is 0 Å². The van der Waals surface area contributed by atoms with Crippen molar-refractivity contribution in [2.45, 2.75) is 45.3 Å². The Morgan fingerprint density at radius 3 is 2.53 bits per heavy atom. The number of para-hydroxylation sites is 1. The minimum atomic E-state index is -0.653. The van der Waals surface area contributed by atoms with E-state index < -0.39 is 12.1 Å². The predicted octanol–water partition coefficient (Wildman–Crippen LogP) is 4.04. The molecule has 3 aromatic carbocycles. The second-order valence-electron chi connectivity index (χ2n) is 8.87. The molecule has 0 saturated heterocycles. The summed E-state index contributed by atoms with van der Waals surface area (Å²) in [4.78, 5) is 40.5. The molecule has 2 amide bonds. The van der Waals surface area contributed by atoms with Crippen LogP contribution in [0.25, 0.3) is 10.8 Å². The Balaban J connectivity index is 0.00000361. The SMILES string of the molecule is CN[C@@H](C)C(=O)N[C@H]1CCc2ccccc2N(Cc2c(OC)ccc3c(C(C)=O)cccc23)C1=O.Cl. The Morgan fingerprint density at radius 2 is 1.83 bits per heavy atom. The van der Waals surface area contributed by atoms with Gasteiger partial charge in [-0.05, 0) is 68.3 Å². The number of methoxy groups -OCH3 is 1. The molecule has 190 valence electrons. The summed E-state index contributed by atoms with van der Waals surface area (Å²) in [6, 6.07) is 16.1. The fourth-order valence-electron chi connectivity index (χ4n) is 4.66. The predicted molar refractivity (Wildman–Crippen MR) is 144 cm³/mol. The molecular formula is C28H32ClN3O4. The van der Waals surface area contributed by atoms with Crippen molar-refractivity contribution in [2.75, 3.05) is 19.1 Å². The zero-order valence-corrected chi connectivity index (χ0v) is 21.8. The first-order valence-electron chi connectivity index (χ1n) is 11.8. The van der Waals surface area contributed by atoms with Crippen LogP contribution in [0.4, 0.5) is 5.69 Å². The van der Waals surface area contributed by atoms with Gasteiger partial charge in [-0.1, -0.05) is 36.4 Å². The first kappa shape index (κ1) is 27.2. The number of aryl methyl sites for hydroxylation is 1. The smallest absolute Gasteiger partial charge is 0.249 e. The van der Waals surface area contributed by atoms with Gasteiger partial charge >= 0.3 is 0 Å². The molecule has 0 aromatic heterocycles. The van der Waals surface area contributed by atoms with Gasteiger partial charge in [0.1, 0.15) is 11.8 Å². The summed E-state index contributed by atoms with van der Waals surface area (Å²) in [6.45, 7) is 3.55. The van der Waals surface area contributed by atoms with E-state index in [-0.39, 0.29) is 36.5 Å². The van der Waals surface area contributed by atoms with Crippen LogP contribution in [-0.4, -0.2) is 43.8 Å². The number of anilines is 1. The first-order chi connectivity index (χ1) is 16.8. The second-order valence-corrected chi connectivity index (χ2v) is 8.87. The molecule has 3 aromatic rings. The largest absolute Gasteiger partial charge is 0.496 e. The molecule has 8 heteroatoms. The van der Waals surface area contributed by atoms with Gasteiger partial charge in [-0.15, -0.1) is 12.4 Å². The van der Waals surface area contributed by atoms with Gasteiger partial charge in [-0.2, -0.15) is 0 Å². The fourth-order valence-corrected chi connectivity index (χ4v) is 4.66. The third-order valence-corrected chi connectivity index (χ3v) is 6.74. The van der Waals surface area contributed by atoms with Crippen molar-refractivity contribution in [1.82, 2.24) is 10.6 Å². The molecule has 1 aliphatic heterocycles. The highest BCUT2D eigenvalue weighted by Gasteiger charge is 2.33. The van der Waals surface area contributed by atoms with E-state index in [9.17, 15) is 14.4 Å². The van der Waals surface area contributed by atoms with Crippen LogP contribution in [0, 0.1) is 0 Å². The number of nitrogens with one attached hydrogen (secondary N) is 2. The van der Waals surface area contributed by atoms with Gasteiger partial charge in [-0.3, -0.25) is 14.4 Å². The molecule has 0 saturated carbocycles. The van der Waals surface area contributed by atoms with E-state index in [1.165, 1.54) is 0 Å². The molecule has 7 nitrogen and oxygen atoms in total. The zero-order chi connectivity index (χ0) is 25.1. The highest BCUT2D eigenvalue weighted by Crippen LogP contribution is 2.35. The minimum Gasteiger partial charge on any atom is -0.496 e. The molecule has 0 bridgehead atoms. The van der Waals surface area contributed by atoms with Crippen molar-refractivity contribution in [2.24, 2.45) is 0 Å². The summed E-state index contributed by atoms with van der Waals surface area (Å²) < 4.78 is 5.69. The molecule has 1 aliphatic rings. The van der Waals surface area contributed by atoms with Gasteiger partial charge in [-0.25, -0.2) is 0 Å². The number of fused-ring (bicyclic) bond motifs is 2. The molecule has 0 spiro atoms. The number of hydrogen-bond donors (Lipinski definition) is 2. The number of likely N-dealkylation sites (N-methyl/N-ethyl adjacent to an activating group) is 1. The van der Waals surface area contributed by atoms with Crippen molar-refractivity contribution in [3.05, 3.63) is 71.3 Å². The average Bonchev–Trinajstić information content (AvgIpc) is 3.00. The van der Waals surface area contributed by atoms with Crippen molar-refractivity contribution < 1.29 is 19.1 Å². The molecule has 0 radical (unpaired) electrons. The number of ether oxygens (including phenoxy) is 1. The van der Waals surface area contributed by atoms with E-state index in [1.54, 1.807) is 32.9 Å². The van der Waals surface area contributed by atoms with Crippen LogP contribution in [0.1, 0.15) is 41.8 Å². The van der Waals surface area contributed by atoms with E-state index in [2.05, 4.69) is 10.6 Å². The van der Waals surface area contributed by atoms with E-state index in [1.807, 2.05) is 54.6 Å². The van der Waals surface area contributed by atoms with Gasteiger partial charge < -0.3 is 20.3 Å². The molecule has 4 rings (SSSR count). The Morgan fingerprint density at radius 1 is 1.08 bits per heavy atom. The second kappa shape index (κ2) is 11.5. The quantitative estimate of drug-likeness (QED) is 0.469. The number of amides is 2. The number of carbonyl (C=O) groups excluding carboxylic acids is 3. The Bertz CT molecular complexity index is 1290. The lowest BCUT2D eigenvalue weighted by Gasteiger charge is -2.28. The molecule has 2 atom stereocenters.